The maximum Gasteiger partial charge on any atom is 0.338 e. The average molecular weight is 328 g/mol. The van der Waals surface area contributed by atoms with Crippen LogP contribution in [0.3, 0.4) is 0 Å². The van der Waals surface area contributed by atoms with Crippen molar-refractivity contribution in [3.05, 3.63) is 52.6 Å². The molecule has 1 aliphatic heterocycles. The lowest BCUT2D eigenvalue weighted by Crippen LogP contribution is -2.25. The molecule has 2 N–H and O–H groups in total. The number of esters is 1. The lowest BCUT2D eigenvalue weighted by Gasteiger charge is -2.27. The molecule has 1 aromatic carbocycles. The van der Waals surface area contributed by atoms with E-state index in [9.17, 15) is 10.1 Å². The summed E-state index contributed by atoms with van der Waals surface area (Å²) in [5.74, 6) is -0.334. The van der Waals surface area contributed by atoms with E-state index in [1.807, 2.05) is 19.1 Å². The summed E-state index contributed by atoms with van der Waals surface area (Å²) in [6.45, 7) is 5.89. The molecule has 1 atom stereocenters. The van der Waals surface area contributed by atoms with Crippen molar-refractivity contribution in [3.8, 4) is 11.8 Å². The Labute approximate surface area is 141 Å². The first-order valence-corrected chi connectivity index (χ1v) is 7.72. The van der Waals surface area contributed by atoms with E-state index in [1.165, 1.54) is 0 Å². The minimum atomic E-state index is -0.689. The van der Waals surface area contributed by atoms with Crippen LogP contribution in [0.1, 0.15) is 32.3 Å². The minimum Gasteiger partial charge on any atom is -0.494 e. The van der Waals surface area contributed by atoms with E-state index >= 15 is 0 Å². The second kappa shape index (κ2) is 7.55. The van der Waals surface area contributed by atoms with Crippen LogP contribution < -0.4 is 10.5 Å². The van der Waals surface area contributed by atoms with Crippen LogP contribution in [-0.2, 0) is 14.3 Å². The maximum absolute atomic E-state index is 12.5. The molecule has 2 rings (SSSR count). The van der Waals surface area contributed by atoms with Crippen molar-refractivity contribution in [1.82, 2.24) is 0 Å². The highest BCUT2D eigenvalue weighted by molar-refractivity contribution is 5.92. The Morgan fingerprint density at radius 1 is 1.33 bits per heavy atom. The first kappa shape index (κ1) is 17.4. The van der Waals surface area contributed by atoms with Gasteiger partial charge in [-0.25, -0.2) is 4.79 Å². The molecule has 0 saturated carbocycles. The van der Waals surface area contributed by atoms with Crippen LogP contribution >= 0.6 is 0 Å². The fourth-order valence-corrected chi connectivity index (χ4v) is 2.67. The molecule has 0 aromatic heterocycles. The normalized spacial score (nSPS) is 17.2. The summed E-state index contributed by atoms with van der Waals surface area (Å²) in [7, 11) is 0. The summed E-state index contributed by atoms with van der Waals surface area (Å²) in [6.07, 6.45) is 0. The van der Waals surface area contributed by atoms with Crippen molar-refractivity contribution in [2.45, 2.75) is 26.7 Å². The molecule has 6 heteroatoms. The number of rotatable bonds is 5. The summed E-state index contributed by atoms with van der Waals surface area (Å²) >= 11 is 0. The number of carbonyl (C=O) groups is 1. The highest BCUT2D eigenvalue weighted by atomic mass is 16.5. The van der Waals surface area contributed by atoms with E-state index in [1.54, 1.807) is 26.0 Å². The molecule has 0 fully saturated rings. The number of nitrogens with zero attached hydrogens (tertiary/aromatic N) is 1. The third-order valence-corrected chi connectivity index (χ3v) is 3.63. The molecule has 1 unspecified atom stereocenters. The lowest BCUT2D eigenvalue weighted by molar-refractivity contribution is -0.139. The summed E-state index contributed by atoms with van der Waals surface area (Å²) in [5, 5.41) is 9.55. The van der Waals surface area contributed by atoms with Gasteiger partial charge in [0.05, 0.1) is 24.7 Å². The predicted molar refractivity (Wildman–Crippen MR) is 87.6 cm³/mol. The van der Waals surface area contributed by atoms with Gasteiger partial charge >= 0.3 is 5.97 Å². The lowest BCUT2D eigenvalue weighted by atomic mass is 9.82. The van der Waals surface area contributed by atoms with Crippen LogP contribution in [0, 0.1) is 11.3 Å². The van der Waals surface area contributed by atoms with Crippen molar-refractivity contribution in [3.63, 3.8) is 0 Å². The molecule has 0 aliphatic carbocycles. The summed E-state index contributed by atoms with van der Waals surface area (Å²) < 4.78 is 16.2. The van der Waals surface area contributed by atoms with Crippen LogP contribution in [0.25, 0.3) is 0 Å². The number of ether oxygens (including phenoxy) is 3. The summed E-state index contributed by atoms with van der Waals surface area (Å²) in [5.41, 5.74) is 6.97. The molecule has 0 amide bonds. The topological polar surface area (TPSA) is 94.6 Å². The molecular formula is C18H20N2O4. The van der Waals surface area contributed by atoms with Crippen molar-refractivity contribution in [2.75, 3.05) is 13.2 Å². The van der Waals surface area contributed by atoms with E-state index in [0.717, 1.165) is 0 Å². The second-order valence-corrected chi connectivity index (χ2v) is 5.09. The Hall–Kier alpha value is -2.94. The van der Waals surface area contributed by atoms with Gasteiger partial charge in [0.2, 0.25) is 5.88 Å². The third kappa shape index (κ3) is 3.20. The van der Waals surface area contributed by atoms with Crippen molar-refractivity contribution in [1.29, 1.82) is 5.26 Å². The smallest absolute Gasteiger partial charge is 0.338 e. The molecule has 0 radical (unpaired) electrons. The van der Waals surface area contributed by atoms with Crippen LogP contribution in [0.5, 0.6) is 5.75 Å². The first-order valence-electron chi connectivity index (χ1n) is 7.72. The number of para-hydroxylation sites is 1. The number of allylic oxidation sites excluding steroid dienone is 2. The molecule has 6 nitrogen and oxygen atoms in total. The molecule has 24 heavy (non-hydrogen) atoms. The van der Waals surface area contributed by atoms with Crippen LogP contribution in [0.2, 0.25) is 0 Å². The summed E-state index contributed by atoms with van der Waals surface area (Å²) in [4.78, 5) is 12.5. The fourth-order valence-electron chi connectivity index (χ4n) is 2.67. The predicted octanol–water partition coefficient (Wildman–Crippen LogP) is 2.73. The molecule has 1 heterocycles. The number of carbonyl (C=O) groups excluding carboxylic acids is 1. The average Bonchev–Trinajstić information content (AvgIpc) is 2.55. The van der Waals surface area contributed by atoms with Gasteiger partial charge in [-0.1, -0.05) is 18.2 Å². The zero-order chi connectivity index (χ0) is 17.7. The highest BCUT2D eigenvalue weighted by Gasteiger charge is 2.37. The Morgan fingerprint density at radius 3 is 2.67 bits per heavy atom. The molecule has 126 valence electrons. The Kier molecular flexibility index (Phi) is 5.48. The van der Waals surface area contributed by atoms with Gasteiger partial charge < -0.3 is 19.9 Å². The van der Waals surface area contributed by atoms with E-state index < -0.39 is 11.9 Å². The van der Waals surface area contributed by atoms with Gasteiger partial charge in [-0.2, -0.15) is 5.26 Å². The Morgan fingerprint density at radius 2 is 2.04 bits per heavy atom. The first-order chi connectivity index (χ1) is 11.5. The zero-order valence-electron chi connectivity index (χ0n) is 14.0. The number of hydrogen-bond acceptors (Lipinski definition) is 6. The number of nitrogens with two attached hydrogens (primary N) is 1. The highest BCUT2D eigenvalue weighted by Crippen LogP contribution is 2.42. The molecule has 1 aromatic rings. The maximum atomic E-state index is 12.5. The summed E-state index contributed by atoms with van der Waals surface area (Å²) in [6, 6.07) is 9.29. The Balaban J connectivity index is 2.65. The van der Waals surface area contributed by atoms with Gasteiger partial charge in [0.15, 0.2) is 0 Å². The van der Waals surface area contributed by atoms with Gasteiger partial charge in [0, 0.05) is 5.56 Å². The molecular weight excluding hydrogens is 308 g/mol. The van der Waals surface area contributed by atoms with E-state index in [-0.39, 0.29) is 23.6 Å². The van der Waals surface area contributed by atoms with Crippen LogP contribution in [0.4, 0.5) is 0 Å². The number of hydrogen-bond donors (Lipinski definition) is 1. The van der Waals surface area contributed by atoms with Crippen LogP contribution in [-0.4, -0.2) is 19.2 Å². The van der Waals surface area contributed by atoms with Crippen LogP contribution in [0.15, 0.2) is 47.1 Å². The molecule has 0 saturated heterocycles. The van der Waals surface area contributed by atoms with Gasteiger partial charge in [0.25, 0.3) is 0 Å². The second-order valence-electron chi connectivity index (χ2n) is 5.09. The zero-order valence-corrected chi connectivity index (χ0v) is 14.0. The Bertz CT molecular complexity index is 744. The number of benzene rings is 1. The molecule has 1 aliphatic rings. The van der Waals surface area contributed by atoms with Crippen molar-refractivity contribution < 1.29 is 19.0 Å². The quantitative estimate of drug-likeness (QED) is 0.835. The van der Waals surface area contributed by atoms with Crippen molar-refractivity contribution >= 4 is 5.97 Å². The van der Waals surface area contributed by atoms with Gasteiger partial charge in [-0.05, 0) is 26.8 Å². The molecule has 0 bridgehead atoms. The SMILES string of the molecule is CCOC(=O)C1=C(C)OC(N)=C(C#N)C1c1ccccc1OCC. The monoisotopic (exact) mass is 328 g/mol. The molecule has 0 spiro atoms. The largest absolute Gasteiger partial charge is 0.494 e. The number of nitriles is 1. The van der Waals surface area contributed by atoms with Gasteiger partial charge in [-0.3, -0.25) is 0 Å². The van der Waals surface area contributed by atoms with E-state index in [2.05, 4.69) is 6.07 Å². The van der Waals surface area contributed by atoms with Gasteiger partial charge in [0.1, 0.15) is 23.2 Å². The standard InChI is InChI=1S/C18H20N2O4/c1-4-22-14-9-7-6-8-12(14)16-13(10-19)17(20)24-11(3)15(16)18(21)23-5-2/h6-9,16H,4-5,20H2,1-3H3. The van der Waals surface area contributed by atoms with E-state index in [0.29, 0.717) is 23.7 Å². The third-order valence-electron chi connectivity index (χ3n) is 3.63. The minimum absolute atomic E-state index is 0.0145. The van der Waals surface area contributed by atoms with Gasteiger partial charge in [-0.15, -0.1) is 0 Å². The van der Waals surface area contributed by atoms with Crippen molar-refractivity contribution in [2.24, 2.45) is 5.73 Å². The fraction of sp³-hybridized carbons (Fsp3) is 0.333. The van der Waals surface area contributed by atoms with E-state index in [4.69, 9.17) is 19.9 Å².